The smallest absolute Gasteiger partial charge is 0.209 e. The zero-order chi connectivity index (χ0) is 31.4. The highest BCUT2D eigenvalue weighted by atomic mass is 16.6. The number of hydrogen-bond donors (Lipinski definition) is 1. The van der Waals surface area contributed by atoms with Gasteiger partial charge in [-0.1, -0.05) is 68.5 Å². The number of aliphatic hydroxyl groups excluding tert-OH is 1. The van der Waals surface area contributed by atoms with Gasteiger partial charge < -0.3 is 29.0 Å². The lowest BCUT2D eigenvalue weighted by Crippen LogP contribution is -2.29. The molecule has 0 fully saturated rings. The number of ether oxygens (including phenoxy) is 4. The van der Waals surface area contributed by atoms with Gasteiger partial charge in [-0.25, -0.2) is 0 Å². The van der Waals surface area contributed by atoms with Crippen LogP contribution in [0.25, 0.3) is 0 Å². The summed E-state index contributed by atoms with van der Waals surface area (Å²) < 4.78 is 24.3. The molecule has 2 aromatic rings. The predicted molar refractivity (Wildman–Crippen MR) is 178 cm³/mol. The van der Waals surface area contributed by atoms with Gasteiger partial charge >= 0.3 is 0 Å². The van der Waals surface area contributed by atoms with Gasteiger partial charge in [0, 0.05) is 61.2 Å². The molecule has 0 radical (unpaired) electrons. The van der Waals surface area contributed by atoms with E-state index in [1.54, 1.807) is 7.11 Å². The number of nitrogens with zero attached hydrogens (tertiary/aromatic N) is 2. The van der Waals surface area contributed by atoms with Crippen LogP contribution in [-0.4, -0.2) is 88.4 Å². The first-order valence-corrected chi connectivity index (χ1v) is 15.8. The summed E-state index contributed by atoms with van der Waals surface area (Å²) in [4.78, 5) is 2.38. The minimum Gasteiger partial charge on any atom is -0.396 e. The SMILES string of the molecule is COCCOCCOCCOCCN1/C(=C/C=C\C=CC2=[N+](CCCO)c3ccccc3C2(C)C)C(C)(C)c2ccccc21. The lowest BCUT2D eigenvalue weighted by Gasteiger charge is -2.27. The molecule has 0 amide bonds. The van der Waals surface area contributed by atoms with Gasteiger partial charge in [-0.3, -0.25) is 0 Å². The van der Waals surface area contributed by atoms with Crippen molar-refractivity contribution in [2.24, 2.45) is 0 Å². The maximum absolute atomic E-state index is 9.52. The number of rotatable bonds is 18. The third kappa shape index (κ3) is 7.95. The van der Waals surface area contributed by atoms with Crippen LogP contribution in [0.5, 0.6) is 0 Å². The topological polar surface area (TPSA) is 63.4 Å². The highest BCUT2D eigenvalue weighted by Crippen LogP contribution is 2.47. The fraction of sp³-hybridized carbons (Fsp3) is 0.486. The van der Waals surface area contributed by atoms with Gasteiger partial charge in [0.15, 0.2) is 12.3 Å². The van der Waals surface area contributed by atoms with Crippen molar-refractivity contribution in [1.29, 1.82) is 0 Å². The molecule has 2 aliphatic heterocycles. The lowest BCUT2D eigenvalue weighted by atomic mass is 9.81. The average Bonchev–Trinajstić information content (AvgIpc) is 3.37. The number of benzene rings is 2. The molecular weight excluding hydrogens is 552 g/mol. The molecule has 0 aromatic heterocycles. The Morgan fingerprint density at radius 2 is 1.39 bits per heavy atom. The van der Waals surface area contributed by atoms with Crippen molar-refractivity contribution < 1.29 is 28.6 Å². The standard InChI is InChI=1S/C37H51N2O5/c1-36(2)30-14-9-11-16-32(30)38(20-13-22-40)34(36)18-7-6-8-19-35-37(3,4)31-15-10-12-17-33(31)39(35)21-23-42-26-27-44-29-28-43-25-24-41-5/h6-12,14-19,40H,13,20-29H2,1-5H3/q+1. The summed E-state index contributed by atoms with van der Waals surface area (Å²) in [6, 6.07) is 17.3. The van der Waals surface area contributed by atoms with Crippen molar-refractivity contribution in [2.45, 2.75) is 44.9 Å². The molecule has 0 saturated carbocycles. The lowest BCUT2D eigenvalue weighted by molar-refractivity contribution is -0.438. The van der Waals surface area contributed by atoms with Crippen LogP contribution >= 0.6 is 0 Å². The van der Waals surface area contributed by atoms with Gasteiger partial charge in [0.25, 0.3) is 0 Å². The van der Waals surface area contributed by atoms with Gasteiger partial charge in [-0.2, -0.15) is 4.58 Å². The zero-order valence-electron chi connectivity index (χ0n) is 27.3. The van der Waals surface area contributed by atoms with Gasteiger partial charge in [0.05, 0.1) is 51.7 Å². The first-order valence-electron chi connectivity index (χ1n) is 15.8. The normalized spacial score (nSPS) is 17.9. The summed E-state index contributed by atoms with van der Waals surface area (Å²) in [5.74, 6) is 0. The average molecular weight is 604 g/mol. The summed E-state index contributed by atoms with van der Waals surface area (Å²) in [5, 5.41) is 9.52. The van der Waals surface area contributed by atoms with Crippen LogP contribution in [0.2, 0.25) is 0 Å². The van der Waals surface area contributed by atoms with E-state index in [9.17, 15) is 5.11 Å². The fourth-order valence-corrected chi connectivity index (χ4v) is 6.19. The first-order chi connectivity index (χ1) is 21.3. The summed E-state index contributed by atoms with van der Waals surface area (Å²) in [6.07, 6.45) is 11.6. The quantitative estimate of drug-likeness (QED) is 0.129. The van der Waals surface area contributed by atoms with Crippen LogP contribution in [0.4, 0.5) is 11.4 Å². The molecule has 2 heterocycles. The van der Waals surface area contributed by atoms with Crippen molar-refractivity contribution >= 4 is 17.1 Å². The van der Waals surface area contributed by atoms with Crippen LogP contribution in [0.1, 0.15) is 45.2 Å². The number of methoxy groups -OCH3 is 1. The molecule has 4 rings (SSSR count). The number of fused-ring (bicyclic) bond motifs is 2. The van der Waals surface area contributed by atoms with Gasteiger partial charge in [-0.15, -0.1) is 0 Å². The number of para-hydroxylation sites is 2. The predicted octanol–water partition coefficient (Wildman–Crippen LogP) is 5.94. The Morgan fingerprint density at radius 3 is 2.09 bits per heavy atom. The molecule has 0 saturated heterocycles. The van der Waals surface area contributed by atoms with E-state index in [-0.39, 0.29) is 17.4 Å². The molecule has 238 valence electrons. The van der Waals surface area contributed by atoms with E-state index in [0.717, 1.165) is 19.5 Å². The molecule has 7 nitrogen and oxygen atoms in total. The maximum Gasteiger partial charge on any atom is 0.209 e. The third-order valence-electron chi connectivity index (χ3n) is 8.50. The van der Waals surface area contributed by atoms with Crippen LogP contribution in [0.15, 0.2) is 84.6 Å². The monoisotopic (exact) mass is 603 g/mol. The molecule has 44 heavy (non-hydrogen) atoms. The van der Waals surface area contributed by atoms with Crippen molar-refractivity contribution in [1.82, 2.24) is 0 Å². The van der Waals surface area contributed by atoms with Crippen LogP contribution < -0.4 is 4.90 Å². The molecule has 0 atom stereocenters. The molecule has 2 aromatic carbocycles. The van der Waals surface area contributed by atoms with E-state index in [1.807, 2.05) is 0 Å². The van der Waals surface area contributed by atoms with E-state index in [0.29, 0.717) is 46.2 Å². The van der Waals surface area contributed by atoms with Crippen LogP contribution in [-0.2, 0) is 29.8 Å². The number of anilines is 1. The Bertz CT molecular complexity index is 1340. The van der Waals surface area contributed by atoms with Crippen LogP contribution in [0, 0.1) is 0 Å². The first kappa shape index (κ1) is 33.8. The van der Waals surface area contributed by atoms with Crippen molar-refractivity contribution in [2.75, 3.05) is 78.0 Å². The van der Waals surface area contributed by atoms with Gasteiger partial charge in [0.2, 0.25) is 5.69 Å². The Balaban J connectivity index is 1.40. The van der Waals surface area contributed by atoms with Gasteiger partial charge in [-0.05, 0) is 31.6 Å². The highest BCUT2D eigenvalue weighted by molar-refractivity contribution is 6.03. The van der Waals surface area contributed by atoms with Gasteiger partial charge in [0.1, 0.15) is 0 Å². The van der Waals surface area contributed by atoms with E-state index in [1.165, 1.54) is 33.9 Å². The molecule has 0 spiro atoms. The largest absolute Gasteiger partial charge is 0.396 e. The molecule has 0 aliphatic carbocycles. The van der Waals surface area contributed by atoms with E-state index < -0.39 is 0 Å². The maximum atomic E-state index is 9.52. The summed E-state index contributed by atoms with van der Waals surface area (Å²) in [7, 11) is 1.67. The third-order valence-corrected chi connectivity index (χ3v) is 8.50. The second-order valence-electron chi connectivity index (χ2n) is 12.2. The highest BCUT2D eigenvalue weighted by Gasteiger charge is 2.43. The molecular formula is C37H51N2O5+. The Morgan fingerprint density at radius 1 is 0.750 bits per heavy atom. The van der Waals surface area contributed by atoms with E-state index in [4.69, 9.17) is 18.9 Å². The van der Waals surface area contributed by atoms with E-state index >= 15 is 0 Å². The summed E-state index contributed by atoms with van der Waals surface area (Å²) >= 11 is 0. The number of aliphatic hydroxyl groups is 1. The Labute approximate surface area is 264 Å². The Hall–Kier alpha value is -3.07. The van der Waals surface area contributed by atoms with Crippen LogP contribution in [0.3, 0.4) is 0 Å². The second kappa shape index (κ2) is 16.3. The minimum atomic E-state index is -0.124. The minimum absolute atomic E-state index is 0.108. The Kier molecular flexibility index (Phi) is 12.5. The number of allylic oxidation sites excluding steroid dienone is 6. The van der Waals surface area contributed by atoms with Crippen molar-refractivity contribution in [3.05, 3.63) is 95.7 Å². The second-order valence-corrected chi connectivity index (χ2v) is 12.2. The number of hydrogen-bond acceptors (Lipinski definition) is 6. The zero-order valence-corrected chi connectivity index (χ0v) is 27.3. The summed E-state index contributed by atoms with van der Waals surface area (Å²) in [5.41, 5.74) is 7.39. The fourth-order valence-electron chi connectivity index (χ4n) is 6.19. The summed E-state index contributed by atoms with van der Waals surface area (Å²) in [6.45, 7) is 14.9. The van der Waals surface area contributed by atoms with E-state index in [2.05, 4.69) is 116 Å². The molecule has 0 bridgehead atoms. The van der Waals surface area contributed by atoms with Crippen molar-refractivity contribution in [3.8, 4) is 0 Å². The molecule has 2 aliphatic rings. The molecule has 7 heteroatoms. The molecule has 1 N–H and O–H groups in total. The molecule has 0 unspecified atom stereocenters. The van der Waals surface area contributed by atoms with Crippen molar-refractivity contribution in [3.63, 3.8) is 0 Å².